The molecule has 2 aromatic rings. The minimum Gasteiger partial charge on any atom is -0.416 e. The van der Waals surface area contributed by atoms with Gasteiger partial charge in [0.15, 0.2) is 5.69 Å². The molecule has 39 heavy (non-hydrogen) atoms. The first kappa shape index (κ1) is 29.0. The first-order valence-electron chi connectivity index (χ1n) is 12.2. The number of amides is 1. The fourth-order valence-electron chi connectivity index (χ4n) is 4.82. The number of anilines is 1. The SMILES string of the molecule is Nc1cc(C(F)(F)F)c2nc1-c1nnc(o1)[C@@](O)(C(F)(F)F)CCCCCN(CC1CCC(F)(F)CC1)C2=O. The molecule has 0 radical (unpaired) electrons. The monoisotopic (exact) mass is 571 g/mol. The van der Waals surface area contributed by atoms with E-state index in [0.717, 1.165) is 4.90 Å². The molecule has 3 heterocycles. The number of fused-ring (bicyclic) bond motifs is 5. The van der Waals surface area contributed by atoms with Gasteiger partial charge in [0.05, 0.1) is 11.3 Å². The first-order chi connectivity index (χ1) is 18.0. The number of hydrogen-bond acceptors (Lipinski definition) is 7. The van der Waals surface area contributed by atoms with E-state index in [1.165, 1.54) is 0 Å². The predicted octanol–water partition coefficient (Wildman–Crippen LogP) is 5.32. The van der Waals surface area contributed by atoms with Crippen LogP contribution in [0, 0.1) is 5.92 Å². The molecule has 3 N–H and O–H groups in total. The largest absolute Gasteiger partial charge is 0.426 e. The maximum atomic E-state index is 13.9. The van der Waals surface area contributed by atoms with Gasteiger partial charge in [-0.2, -0.15) is 26.3 Å². The summed E-state index contributed by atoms with van der Waals surface area (Å²) in [5.74, 6) is -6.51. The van der Waals surface area contributed by atoms with Crippen molar-refractivity contribution < 1.29 is 49.4 Å². The van der Waals surface area contributed by atoms with Crippen LogP contribution >= 0.6 is 0 Å². The van der Waals surface area contributed by atoms with E-state index < -0.39 is 89.4 Å². The van der Waals surface area contributed by atoms with Crippen molar-refractivity contribution in [2.24, 2.45) is 5.92 Å². The predicted molar refractivity (Wildman–Crippen MR) is 118 cm³/mol. The van der Waals surface area contributed by atoms with Crippen molar-refractivity contribution >= 4 is 11.6 Å². The molecular weight excluding hydrogens is 546 g/mol. The smallest absolute Gasteiger partial charge is 0.416 e. The van der Waals surface area contributed by atoms with Crippen molar-refractivity contribution in [1.29, 1.82) is 0 Å². The van der Waals surface area contributed by atoms with Crippen LogP contribution in [0.5, 0.6) is 0 Å². The summed E-state index contributed by atoms with van der Waals surface area (Å²) in [6.45, 7) is -0.321. The van der Waals surface area contributed by atoms with Crippen molar-refractivity contribution in [3.63, 3.8) is 0 Å². The van der Waals surface area contributed by atoms with Gasteiger partial charge in [0.1, 0.15) is 5.69 Å². The number of rotatable bonds is 2. The second-order valence-electron chi connectivity index (χ2n) is 9.95. The van der Waals surface area contributed by atoms with Crippen LogP contribution in [-0.2, 0) is 11.8 Å². The van der Waals surface area contributed by atoms with Gasteiger partial charge in [-0.1, -0.05) is 6.42 Å². The number of nitrogens with zero attached hydrogens (tertiary/aromatic N) is 4. The van der Waals surface area contributed by atoms with E-state index in [1.54, 1.807) is 0 Å². The molecule has 1 saturated carbocycles. The molecule has 0 aromatic carbocycles. The number of alkyl halides is 8. The Hall–Kier alpha value is -3.04. The summed E-state index contributed by atoms with van der Waals surface area (Å²) >= 11 is 0. The van der Waals surface area contributed by atoms with Crippen LogP contribution < -0.4 is 5.73 Å². The summed E-state index contributed by atoms with van der Waals surface area (Å²) in [7, 11) is 0. The molecular formula is C23H25F8N5O3. The summed E-state index contributed by atoms with van der Waals surface area (Å²) in [4.78, 5) is 18.2. The number of pyridine rings is 1. The van der Waals surface area contributed by atoms with Crippen molar-refractivity contribution in [2.45, 2.75) is 75.2 Å². The molecule has 2 aromatic heterocycles. The first-order valence-corrected chi connectivity index (χ1v) is 12.2. The molecule has 2 aliphatic rings. The Bertz CT molecular complexity index is 1210. The summed E-state index contributed by atoms with van der Waals surface area (Å²) in [6.07, 6.45) is -12.1. The van der Waals surface area contributed by atoms with Crippen LogP contribution in [0.2, 0.25) is 0 Å². The number of aliphatic hydroxyl groups is 1. The van der Waals surface area contributed by atoms with Crippen LogP contribution in [0.25, 0.3) is 11.6 Å². The van der Waals surface area contributed by atoms with E-state index in [-0.39, 0.29) is 45.2 Å². The highest BCUT2D eigenvalue weighted by molar-refractivity contribution is 5.95. The lowest BCUT2D eigenvalue weighted by Crippen LogP contribution is -2.42. The Balaban J connectivity index is 1.80. The average Bonchev–Trinajstić information content (AvgIpc) is 3.32. The van der Waals surface area contributed by atoms with Crippen molar-refractivity contribution in [3.05, 3.63) is 23.2 Å². The Morgan fingerprint density at radius 1 is 1.03 bits per heavy atom. The van der Waals surface area contributed by atoms with Crippen LogP contribution in [0.4, 0.5) is 40.8 Å². The molecule has 0 saturated heterocycles. The lowest BCUT2D eigenvalue weighted by molar-refractivity contribution is -0.277. The van der Waals surface area contributed by atoms with Gasteiger partial charge in [0.2, 0.25) is 11.5 Å². The summed E-state index contributed by atoms with van der Waals surface area (Å²) in [6, 6.07) is 0.389. The molecule has 4 rings (SSSR count). The highest BCUT2D eigenvalue weighted by atomic mass is 19.4. The zero-order chi connectivity index (χ0) is 28.8. The lowest BCUT2D eigenvalue weighted by atomic mass is 9.86. The van der Waals surface area contributed by atoms with Gasteiger partial charge in [-0.05, 0) is 44.1 Å². The molecule has 1 aliphatic heterocycles. The number of aromatic nitrogens is 3. The molecule has 216 valence electrons. The van der Waals surface area contributed by atoms with Gasteiger partial charge in [-0.3, -0.25) is 4.79 Å². The van der Waals surface area contributed by atoms with E-state index in [0.29, 0.717) is 6.07 Å². The molecule has 1 atom stereocenters. The number of carbonyl (C=O) groups excluding carboxylic acids is 1. The molecule has 1 aliphatic carbocycles. The zero-order valence-corrected chi connectivity index (χ0v) is 20.4. The Morgan fingerprint density at radius 3 is 2.31 bits per heavy atom. The van der Waals surface area contributed by atoms with Gasteiger partial charge >= 0.3 is 12.4 Å². The third-order valence-electron chi connectivity index (χ3n) is 7.08. The number of hydrogen-bond donors (Lipinski definition) is 2. The number of carbonyl (C=O) groups is 1. The number of nitrogen functional groups attached to an aromatic ring is 1. The second-order valence-corrected chi connectivity index (χ2v) is 9.95. The maximum Gasteiger partial charge on any atom is 0.426 e. The van der Waals surface area contributed by atoms with E-state index in [4.69, 9.17) is 10.2 Å². The van der Waals surface area contributed by atoms with Gasteiger partial charge in [0.25, 0.3) is 17.7 Å². The van der Waals surface area contributed by atoms with E-state index in [2.05, 4.69) is 15.2 Å². The number of halogens is 8. The molecule has 1 fully saturated rings. The van der Waals surface area contributed by atoms with Gasteiger partial charge in [-0.25, -0.2) is 13.8 Å². The van der Waals surface area contributed by atoms with Crippen LogP contribution in [-0.4, -0.2) is 56.3 Å². The Morgan fingerprint density at radius 2 is 1.69 bits per heavy atom. The lowest BCUT2D eigenvalue weighted by Gasteiger charge is -2.33. The number of nitrogens with two attached hydrogens (primary N) is 1. The standard InChI is InChI=1S/C23H25F8N5O3/c24-20(25)7-4-12(5-8-20)11-36-9-3-1-2-6-21(38,23(29,30)31)19-35-34-17(39-19)16-14(32)10-13(22(26,27)28)15(33-16)18(36)37/h10,12,38H,1-9,11,32H2/t21-/m1/s1. The van der Waals surface area contributed by atoms with Crippen molar-refractivity contribution in [1.82, 2.24) is 20.1 Å². The fourth-order valence-corrected chi connectivity index (χ4v) is 4.82. The van der Waals surface area contributed by atoms with Gasteiger partial charge in [-0.15, -0.1) is 10.2 Å². The van der Waals surface area contributed by atoms with Crippen molar-refractivity contribution in [3.8, 4) is 11.6 Å². The molecule has 8 nitrogen and oxygen atoms in total. The molecule has 4 bridgehead atoms. The third kappa shape index (κ3) is 5.94. The van der Waals surface area contributed by atoms with E-state index in [9.17, 15) is 45.0 Å². The molecule has 0 spiro atoms. The quantitative estimate of drug-likeness (QED) is 0.468. The van der Waals surface area contributed by atoms with Gasteiger partial charge < -0.3 is 20.2 Å². The highest BCUT2D eigenvalue weighted by Gasteiger charge is 2.58. The maximum absolute atomic E-state index is 13.9. The molecule has 16 heteroatoms. The minimum absolute atomic E-state index is 0.0344. The fraction of sp³-hybridized carbons (Fsp3) is 0.652. The Kier molecular flexibility index (Phi) is 7.55. The second kappa shape index (κ2) is 10.2. The van der Waals surface area contributed by atoms with Crippen LogP contribution in [0.3, 0.4) is 0 Å². The van der Waals surface area contributed by atoms with Crippen molar-refractivity contribution in [2.75, 3.05) is 18.8 Å². The molecule has 1 amide bonds. The molecule has 0 unspecified atom stereocenters. The van der Waals surface area contributed by atoms with Crippen LogP contribution in [0.15, 0.2) is 10.5 Å². The zero-order valence-electron chi connectivity index (χ0n) is 20.4. The topological polar surface area (TPSA) is 118 Å². The van der Waals surface area contributed by atoms with Gasteiger partial charge in [0, 0.05) is 25.9 Å². The van der Waals surface area contributed by atoms with E-state index >= 15 is 0 Å². The third-order valence-corrected chi connectivity index (χ3v) is 7.08. The van der Waals surface area contributed by atoms with E-state index in [1.807, 2.05) is 0 Å². The summed E-state index contributed by atoms with van der Waals surface area (Å²) < 4.78 is 116. The normalized spacial score (nSPS) is 23.5. The highest BCUT2D eigenvalue weighted by Crippen LogP contribution is 2.44. The Labute approximate surface area is 216 Å². The minimum atomic E-state index is -5.23. The van der Waals surface area contributed by atoms with Crippen LogP contribution in [0.1, 0.15) is 73.3 Å². The summed E-state index contributed by atoms with van der Waals surface area (Å²) in [5, 5.41) is 17.1. The average molecular weight is 571 g/mol. The summed E-state index contributed by atoms with van der Waals surface area (Å²) in [5.41, 5.74) is -1.82.